The van der Waals surface area contributed by atoms with Crippen molar-refractivity contribution < 1.29 is 38.1 Å². The molecule has 0 atom stereocenters. The lowest BCUT2D eigenvalue weighted by molar-refractivity contribution is -0.193. The Bertz CT molecular complexity index is 469. The SMILES string of the molecule is CCOCCOC(CCCNC(=O)OC(C)(C)C)(C(=O)OCC)C(=O)OCC. The highest BCUT2D eigenvalue weighted by Crippen LogP contribution is 2.23. The molecule has 0 bridgehead atoms. The van der Waals surface area contributed by atoms with Crippen LogP contribution in [0.4, 0.5) is 4.79 Å². The molecular weight excluding hydrogens is 370 g/mol. The van der Waals surface area contributed by atoms with E-state index in [1.165, 1.54) is 0 Å². The fourth-order valence-electron chi connectivity index (χ4n) is 2.23. The lowest BCUT2D eigenvalue weighted by Gasteiger charge is -2.29. The third-order valence-corrected chi connectivity index (χ3v) is 3.36. The second-order valence-corrected chi connectivity index (χ2v) is 6.85. The van der Waals surface area contributed by atoms with Gasteiger partial charge >= 0.3 is 18.0 Å². The summed E-state index contributed by atoms with van der Waals surface area (Å²) >= 11 is 0. The van der Waals surface area contributed by atoms with Crippen molar-refractivity contribution in [2.75, 3.05) is 39.6 Å². The van der Waals surface area contributed by atoms with Gasteiger partial charge in [0, 0.05) is 19.6 Å². The molecule has 0 fully saturated rings. The average molecular weight is 405 g/mol. The Labute approximate surface area is 167 Å². The maximum absolute atomic E-state index is 12.6. The number of carbonyl (C=O) groups is 3. The van der Waals surface area contributed by atoms with Crippen molar-refractivity contribution in [3.63, 3.8) is 0 Å². The van der Waals surface area contributed by atoms with Gasteiger partial charge in [-0.25, -0.2) is 14.4 Å². The van der Waals surface area contributed by atoms with Crippen molar-refractivity contribution in [2.24, 2.45) is 0 Å². The molecule has 0 radical (unpaired) electrons. The van der Waals surface area contributed by atoms with Crippen LogP contribution in [0.2, 0.25) is 0 Å². The summed E-state index contributed by atoms with van der Waals surface area (Å²) in [5, 5.41) is 2.58. The Morgan fingerprint density at radius 2 is 1.43 bits per heavy atom. The zero-order valence-corrected chi connectivity index (χ0v) is 17.9. The van der Waals surface area contributed by atoms with Crippen LogP contribution in [0.1, 0.15) is 54.4 Å². The topological polar surface area (TPSA) is 109 Å². The zero-order chi connectivity index (χ0) is 21.6. The van der Waals surface area contributed by atoms with E-state index in [1.807, 2.05) is 6.92 Å². The largest absolute Gasteiger partial charge is 0.463 e. The molecule has 1 amide bonds. The van der Waals surface area contributed by atoms with Gasteiger partial charge in [0.2, 0.25) is 0 Å². The van der Waals surface area contributed by atoms with Gasteiger partial charge in [-0.15, -0.1) is 0 Å². The van der Waals surface area contributed by atoms with Crippen LogP contribution >= 0.6 is 0 Å². The van der Waals surface area contributed by atoms with Gasteiger partial charge in [0.25, 0.3) is 5.60 Å². The summed E-state index contributed by atoms with van der Waals surface area (Å²) in [6.07, 6.45) is -0.333. The molecule has 9 nitrogen and oxygen atoms in total. The number of nitrogens with one attached hydrogen (secondary N) is 1. The number of esters is 2. The first kappa shape index (κ1) is 26.1. The molecule has 0 rings (SSSR count). The van der Waals surface area contributed by atoms with Crippen molar-refractivity contribution in [1.82, 2.24) is 5.32 Å². The summed E-state index contributed by atoms with van der Waals surface area (Å²) in [6, 6.07) is 0. The Morgan fingerprint density at radius 1 is 0.857 bits per heavy atom. The van der Waals surface area contributed by atoms with E-state index in [-0.39, 0.29) is 45.8 Å². The van der Waals surface area contributed by atoms with Crippen LogP contribution in [0.15, 0.2) is 0 Å². The van der Waals surface area contributed by atoms with Gasteiger partial charge < -0.3 is 29.0 Å². The van der Waals surface area contributed by atoms with Crippen LogP contribution < -0.4 is 5.32 Å². The maximum Gasteiger partial charge on any atom is 0.407 e. The monoisotopic (exact) mass is 405 g/mol. The molecule has 0 aliphatic heterocycles. The minimum absolute atomic E-state index is 0.0188. The fourth-order valence-corrected chi connectivity index (χ4v) is 2.23. The van der Waals surface area contributed by atoms with Crippen LogP contribution in [0, 0.1) is 0 Å². The highest BCUT2D eigenvalue weighted by atomic mass is 16.6. The predicted molar refractivity (Wildman–Crippen MR) is 102 cm³/mol. The van der Waals surface area contributed by atoms with Gasteiger partial charge in [0.15, 0.2) is 0 Å². The third-order valence-electron chi connectivity index (χ3n) is 3.36. The smallest absolute Gasteiger partial charge is 0.407 e. The molecule has 28 heavy (non-hydrogen) atoms. The minimum Gasteiger partial charge on any atom is -0.463 e. The Kier molecular flexibility index (Phi) is 12.4. The number of amides is 1. The van der Waals surface area contributed by atoms with Gasteiger partial charge in [-0.1, -0.05) is 0 Å². The summed E-state index contributed by atoms with van der Waals surface area (Å²) in [6.45, 7) is 11.4. The van der Waals surface area contributed by atoms with Crippen molar-refractivity contribution in [3.05, 3.63) is 0 Å². The van der Waals surface area contributed by atoms with Gasteiger partial charge in [-0.05, 0) is 48.0 Å². The molecule has 0 saturated carbocycles. The molecule has 0 unspecified atom stereocenters. The van der Waals surface area contributed by atoms with Crippen LogP contribution in [0.3, 0.4) is 0 Å². The minimum atomic E-state index is -1.90. The van der Waals surface area contributed by atoms with Gasteiger partial charge in [0.1, 0.15) is 5.60 Å². The molecule has 0 saturated heterocycles. The van der Waals surface area contributed by atoms with E-state index in [9.17, 15) is 14.4 Å². The summed E-state index contributed by atoms with van der Waals surface area (Å²) in [7, 11) is 0. The molecule has 0 aliphatic rings. The second kappa shape index (κ2) is 13.3. The predicted octanol–water partition coefficient (Wildman–Crippen LogP) is 2.21. The first-order valence-corrected chi connectivity index (χ1v) is 9.65. The quantitative estimate of drug-likeness (QED) is 0.215. The van der Waals surface area contributed by atoms with Crippen LogP contribution in [0.5, 0.6) is 0 Å². The van der Waals surface area contributed by atoms with E-state index in [2.05, 4.69) is 5.32 Å². The fraction of sp³-hybridized carbons (Fsp3) is 0.842. The first-order valence-electron chi connectivity index (χ1n) is 9.65. The third kappa shape index (κ3) is 9.89. The summed E-state index contributed by atoms with van der Waals surface area (Å²) in [4.78, 5) is 36.9. The van der Waals surface area contributed by atoms with E-state index < -0.39 is 29.2 Å². The summed E-state index contributed by atoms with van der Waals surface area (Å²) in [5.74, 6) is -1.63. The highest BCUT2D eigenvalue weighted by Gasteiger charge is 2.50. The van der Waals surface area contributed by atoms with Crippen molar-refractivity contribution >= 4 is 18.0 Å². The number of alkyl carbamates (subject to hydrolysis) is 1. The molecule has 0 aromatic rings. The van der Waals surface area contributed by atoms with E-state index in [0.717, 1.165) is 0 Å². The molecule has 0 heterocycles. The maximum atomic E-state index is 12.6. The van der Waals surface area contributed by atoms with Gasteiger partial charge in [0.05, 0.1) is 26.4 Å². The molecule has 1 N–H and O–H groups in total. The number of carbonyl (C=O) groups excluding carboxylic acids is 3. The number of hydrogen-bond donors (Lipinski definition) is 1. The average Bonchev–Trinajstić information content (AvgIpc) is 2.59. The van der Waals surface area contributed by atoms with Gasteiger partial charge in [-0.3, -0.25) is 0 Å². The molecule has 9 heteroatoms. The van der Waals surface area contributed by atoms with E-state index >= 15 is 0 Å². The Morgan fingerprint density at radius 3 is 1.89 bits per heavy atom. The Hall–Kier alpha value is -1.87. The second-order valence-electron chi connectivity index (χ2n) is 6.85. The molecule has 0 spiro atoms. The lowest BCUT2D eigenvalue weighted by atomic mass is 9.97. The standard InChI is InChI=1S/C19H35NO8/c1-7-24-13-14-27-19(15(21)25-8-2,16(22)26-9-3)11-10-12-20-17(23)28-18(4,5)6/h7-14H2,1-6H3,(H,20,23). The van der Waals surface area contributed by atoms with Crippen molar-refractivity contribution in [1.29, 1.82) is 0 Å². The van der Waals surface area contributed by atoms with Crippen molar-refractivity contribution in [2.45, 2.75) is 65.6 Å². The van der Waals surface area contributed by atoms with Gasteiger partial charge in [-0.2, -0.15) is 0 Å². The molecular formula is C19H35NO8. The molecule has 164 valence electrons. The Balaban J connectivity index is 5.08. The van der Waals surface area contributed by atoms with E-state index in [1.54, 1.807) is 34.6 Å². The van der Waals surface area contributed by atoms with E-state index in [4.69, 9.17) is 23.7 Å². The molecule has 0 aromatic heterocycles. The zero-order valence-electron chi connectivity index (χ0n) is 17.9. The van der Waals surface area contributed by atoms with Crippen LogP contribution in [0.25, 0.3) is 0 Å². The highest BCUT2D eigenvalue weighted by molar-refractivity contribution is 6.03. The number of rotatable bonds is 13. The first-order chi connectivity index (χ1) is 13.1. The normalized spacial score (nSPS) is 11.6. The van der Waals surface area contributed by atoms with Crippen molar-refractivity contribution in [3.8, 4) is 0 Å². The lowest BCUT2D eigenvalue weighted by Crippen LogP contribution is -2.52. The number of hydrogen-bond acceptors (Lipinski definition) is 8. The number of ether oxygens (including phenoxy) is 5. The van der Waals surface area contributed by atoms with E-state index in [0.29, 0.717) is 6.61 Å². The summed E-state index contributed by atoms with van der Waals surface area (Å²) < 4.78 is 26.1. The van der Waals surface area contributed by atoms with Crippen LogP contribution in [-0.4, -0.2) is 68.8 Å². The molecule has 0 aliphatic carbocycles. The summed E-state index contributed by atoms with van der Waals surface area (Å²) in [5.41, 5.74) is -2.52. The van der Waals surface area contributed by atoms with Crippen LogP contribution in [-0.2, 0) is 33.3 Å². The molecule has 0 aromatic carbocycles.